The average Bonchev–Trinajstić information content (AvgIpc) is 2.28. The number of ketones is 1. The van der Waals surface area contributed by atoms with Crippen molar-refractivity contribution in [2.24, 2.45) is 0 Å². The molecule has 0 N–H and O–H groups in total. The molecule has 0 heterocycles. The molecule has 0 aliphatic heterocycles. The third-order valence-electron chi connectivity index (χ3n) is 2.80. The predicted molar refractivity (Wildman–Crippen MR) is 69.4 cm³/mol. The van der Waals surface area contributed by atoms with E-state index in [4.69, 9.17) is 0 Å². The van der Waals surface area contributed by atoms with Crippen LogP contribution in [-0.2, 0) is 10.2 Å². The molecule has 1 rings (SSSR count). The summed E-state index contributed by atoms with van der Waals surface area (Å²) in [5.74, 6) is 0.118. The minimum Gasteiger partial charge on any atom is -0.303 e. The van der Waals surface area contributed by atoms with Crippen LogP contribution in [0.1, 0.15) is 56.0 Å². The summed E-state index contributed by atoms with van der Waals surface area (Å²) in [6, 6.07) is 7.77. The number of rotatable bonds is 5. The third-order valence-corrected chi connectivity index (χ3v) is 2.80. The van der Waals surface area contributed by atoms with Crippen LogP contribution in [0.5, 0.6) is 0 Å². The molecule has 0 bridgehead atoms. The molecule has 0 saturated heterocycles. The SMILES string of the molecule is CC(C)(C)c1ccc(C(=O)CCCC=O)cc1. The van der Waals surface area contributed by atoms with Crippen molar-refractivity contribution in [2.75, 3.05) is 0 Å². The first-order chi connectivity index (χ1) is 7.95. The molecule has 1 aromatic rings. The fourth-order valence-electron chi connectivity index (χ4n) is 1.65. The quantitative estimate of drug-likeness (QED) is 0.442. The van der Waals surface area contributed by atoms with Gasteiger partial charge in [0.05, 0.1) is 0 Å². The lowest BCUT2D eigenvalue weighted by atomic mass is 9.86. The van der Waals surface area contributed by atoms with Crippen molar-refractivity contribution >= 4 is 12.1 Å². The maximum Gasteiger partial charge on any atom is 0.162 e. The lowest BCUT2D eigenvalue weighted by Crippen LogP contribution is -2.11. The zero-order valence-electron chi connectivity index (χ0n) is 10.8. The van der Waals surface area contributed by atoms with Crippen LogP contribution in [0.2, 0.25) is 0 Å². The number of carbonyl (C=O) groups is 2. The summed E-state index contributed by atoms with van der Waals surface area (Å²) in [6.45, 7) is 6.44. The Kier molecular flexibility index (Phi) is 4.62. The van der Waals surface area contributed by atoms with Crippen molar-refractivity contribution in [2.45, 2.75) is 45.4 Å². The highest BCUT2D eigenvalue weighted by atomic mass is 16.1. The van der Waals surface area contributed by atoms with Crippen LogP contribution in [0.25, 0.3) is 0 Å². The molecule has 0 saturated carbocycles. The highest BCUT2D eigenvalue weighted by Crippen LogP contribution is 2.22. The Balaban J connectivity index is 2.67. The highest BCUT2D eigenvalue weighted by Gasteiger charge is 2.14. The minimum atomic E-state index is 0.110. The molecule has 0 spiro atoms. The molecule has 2 nitrogen and oxygen atoms in total. The zero-order chi connectivity index (χ0) is 12.9. The molecular weight excluding hydrogens is 212 g/mol. The second-order valence-electron chi connectivity index (χ2n) is 5.31. The van der Waals surface area contributed by atoms with Gasteiger partial charge in [-0.3, -0.25) is 4.79 Å². The van der Waals surface area contributed by atoms with E-state index in [1.807, 2.05) is 24.3 Å². The molecule has 92 valence electrons. The molecular formula is C15H20O2. The number of hydrogen-bond donors (Lipinski definition) is 0. The van der Waals surface area contributed by atoms with Gasteiger partial charge >= 0.3 is 0 Å². The van der Waals surface area contributed by atoms with Gasteiger partial charge in [0.25, 0.3) is 0 Å². The number of unbranched alkanes of at least 4 members (excludes halogenated alkanes) is 1. The van der Waals surface area contributed by atoms with Crippen molar-refractivity contribution in [1.82, 2.24) is 0 Å². The maximum absolute atomic E-state index is 11.8. The number of carbonyl (C=O) groups excluding carboxylic acids is 2. The molecule has 0 fully saturated rings. The van der Waals surface area contributed by atoms with E-state index in [0.717, 1.165) is 11.8 Å². The van der Waals surface area contributed by atoms with Gasteiger partial charge in [-0.15, -0.1) is 0 Å². The van der Waals surface area contributed by atoms with Crippen LogP contribution < -0.4 is 0 Å². The van der Waals surface area contributed by atoms with Crippen LogP contribution in [-0.4, -0.2) is 12.1 Å². The first-order valence-electron chi connectivity index (χ1n) is 6.02. The molecule has 0 radical (unpaired) electrons. The van der Waals surface area contributed by atoms with E-state index >= 15 is 0 Å². The summed E-state index contributed by atoms with van der Waals surface area (Å²) in [4.78, 5) is 21.9. The molecule has 1 aromatic carbocycles. The summed E-state index contributed by atoms with van der Waals surface area (Å²) < 4.78 is 0. The Morgan fingerprint density at radius 3 is 2.24 bits per heavy atom. The smallest absolute Gasteiger partial charge is 0.162 e. The van der Waals surface area contributed by atoms with E-state index in [0.29, 0.717) is 19.3 Å². The van der Waals surface area contributed by atoms with Crippen molar-refractivity contribution in [3.63, 3.8) is 0 Å². The Bertz CT molecular complexity index is 382. The average molecular weight is 232 g/mol. The molecule has 0 aliphatic rings. The molecule has 0 unspecified atom stereocenters. The monoisotopic (exact) mass is 232 g/mol. The maximum atomic E-state index is 11.8. The lowest BCUT2D eigenvalue weighted by molar-refractivity contribution is -0.107. The van der Waals surface area contributed by atoms with Gasteiger partial charge in [0.15, 0.2) is 5.78 Å². The van der Waals surface area contributed by atoms with Gasteiger partial charge < -0.3 is 4.79 Å². The predicted octanol–water partition coefficient (Wildman–Crippen LogP) is 3.54. The first kappa shape index (κ1) is 13.6. The van der Waals surface area contributed by atoms with Crippen LogP contribution in [0.3, 0.4) is 0 Å². The van der Waals surface area contributed by atoms with E-state index in [-0.39, 0.29) is 11.2 Å². The van der Waals surface area contributed by atoms with Crippen molar-refractivity contribution < 1.29 is 9.59 Å². The Labute approximate surface area is 103 Å². The summed E-state index contributed by atoms with van der Waals surface area (Å²) in [6.07, 6.45) is 2.42. The van der Waals surface area contributed by atoms with E-state index in [1.54, 1.807) is 0 Å². The van der Waals surface area contributed by atoms with E-state index in [9.17, 15) is 9.59 Å². The van der Waals surface area contributed by atoms with Gasteiger partial charge in [-0.1, -0.05) is 45.0 Å². The molecule has 17 heavy (non-hydrogen) atoms. The molecule has 0 aromatic heterocycles. The number of aldehydes is 1. The number of Topliss-reactive ketones (excluding diaryl/α,β-unsaturated/α-hetero) is 1. The molecule has 0 atom stereocenters. The Morgan fingerprint density at radius 1 is 1.18 bits per heavy atom. The van der Waals surface area contributed by atoms with E-state index in [1.165, 1.54) is 5.56 Å². The largest absolute Gasteiger partial charge is 0.303 e. The fraction of sp³-hybridized carbons (Fsp3) is 0.467. The van der Waals surface area contributed by atoms with Crippen LogP contribution in [0, 0.1) is 0 Å². The summed E-state index contributed by atoms with van der Waals surface area (Å²) in [5, 5.41) is 0. The van der Waals surface area contributed by atoms with E-state index < -0.39 is 0 Å². The number of hydrogen-bond acceptors (Lipinski definition) is 2. The van der Waals surface area contributed by atoms with Gasteiger partial charge in [-0.25, -0.2) is 0 Å². The van der Waals surface area contributed by atoms with Crippen molar-refractivity contribution in [1.29, 1.82) is 0 Å². The van der Waals surface area contributed by atoms with Crippen LogP contribution in [0.15, 0.2) is 24.3 Å². The summed E-state index contributed by atoms with van der Waals surface area (Å²) in [7, 11) is 0. The Hall–Kier alpha value is -1.44. The highest BCUT2D eigenvalue weighted by molar-refractivity contribution is 5.96. The first-order valence-corrected chi connectivity index (χ1v) is 6.02. The normalized spacial score (nSPS) is 11.2. The van der Waals surface area contributed by atoms with Crippen LogP contribution >= 0.6 is 0 Å². The van der Waals surface area contributed by atoms with Crippen LogP contribution in [0.4, 0.5) is 0 Å². The van der Waals surface area contributed by atoms with E-state index in [2.05, 4.69) is 20.8 Å². The second-order valence-corrected chi connectivity index (χ2v) is 5.31. The van der Waals surface area contributed by atoms with Crippen molar-refractivity contribution in [3.05, 3.63) is 35.4 Å². The second kappa shape index (κ2) is 5.76. The standard InChI is InChI=1S/C15H20O2/c1-15(2,3)13-9-7-12(8-10-13)14(17)6-4-5-11-16/h7-11H,4-6H2,1-3H3. The summed E-state index contributed by atoms with van der Waals surface area (Å²) >= 11 is 0. The fourth-order valence-corrected chi connectivity index (χ4v) is 1.65. The van der Waals surface area contributed by atoms with Gasteiger partial charge in [0, 0.05) is 18.4 Å². The minimum absolute atomic E-state index is 0.110. The summed E-state index contributed by atoms with van der Waals surface area (Å²) in [5.41, 5.74) is 2.07. The lowest BCUT2D eigenvalue weighted by Gasteiger charge is -2.18. The van der Waals surface area contributed by atoms with Gasteiger partial charge in [-0.05, 0) is 17.4 Å². The molecule has 2 heteroatoms. The van der Waals surface area contributed by atoms with Gasteiger partial charge in [0.1, 0.15) is 6.29 Å². The van der Waals surface area contributed by atoms with Gasteiger partial charge in [-0.2, -0.15) is 0 Å². The molecule has 0 aliphatic carbocycles. The zero-order valence-corrected chi connectivity index (χ0v) is 10.8. The number of benzene rings is 1. The molecule has 0 amide bonds. The Morgan fingerprint density at radius 2 is 1.76 bits per heavy atom. The van der Waals surface area contributed by atoms with Crippen molar-refractivity contribution in [3.8, 4) is 0 Å². The van der Waals surface area contributed by atoms with Gasteiger partial charge in [0.2, 0.25) is 0 Å². The topological polar surface area (TPSA) is 34.1 Å². The third kappa shape index (κ3) is 4.14.